The van der Waals surface area contributed by atoms with E-state index in [9.17, 15) is 4.79 Å². The third-order valence-electron chi connectivity index (χ3n) is 5.39. The van der Waals surface area contributed by atoms with Crippen molar-refractivity contribution < 1.29 is 0 Å². The molecule has 0 atom stereocenters. The molecule has 1 saturated heterocycles. The first-order valence-electron chi connectivity index (χ1n) is 9.88. The van der Waals surface area contributed by atoms with E-state index in [0.717, 1.165) is 24.3 Å². The van der Waals surface area contributed by atoms with E-state index in [0.29, 0.717) is 35.6 Å². The Kier molecular flexibility index (Phi) is 5.39. The van der Waals surface area contributed by atoms with E-state index >= 15 is 0 Å². The minimum absolute atomic E-state index is 0.100. The number of rotatable bonds is 5. The molecule has 0 bridgehead atoms. The number of aromatic nitrogens is 3. The van der Waals surface area contributed by atoms with Crippen LogP contribution >= 0.6 is 0 Å². The summed E-state index contributed by atoms with van der Waals surface area (Å²) in [4.78, 5) is 21.8. The van der Waals surface area contributed by atoms with Crippen LogP contribution in [0, 0.1) is 6.92 Å². The average Bonchev–Trinajstić information content (AvgIpc) is 2.75. The maximum atomic E-state index is 12.6. The van der Waals surface area contributed by atoms with E-state index in [1.54, 1.807) is 13.4 Å². The molecule has 6 heteroatoms. The summed E-state index contributed by atoms with van der Waals surface area (Å²) in [5, 5.41) is 7.18. The van der Waals surface area contributed by atoms with Crippen molar-refractivity contribution >= 4 is 16.7 Å². The van der Waals surface area contributed by atoms with Gasteiger partial charge >= 0.3 is 0 Å². The fourth-order valence-electron chi connectivity index (χ4n) is 3.79. The molecule has 145 valence electrons. The number of aryl methyl sites for hydroxylation is 1. The fourth-order valence-corrected chi connectivity index (χ4v) is 3.79. The summed E-state index contributed by atoms with van der Waals surface area (Å²) in [7, 11) is 1.70. The maximum absolute atomic E-state index is 12.6. The van der Waals surface area contributed by atoms with Gasteiger partial charge in [0.1, 0.15) is 11.2 Å². The summed E-state index contributed by atoms with van der Waals surface area (Å²) in [6, 6.07) is 10.6. The lowest BCUT2D eigenvalue weighted by atomic mass is 9.89. The molecular weight excluding hydrogens is 350 g/mol. The number of nitrogens with one attached hydrogen (secondary N) is 2. The van der Waals surface area contributed by atoms with Crippen LogP contribution in [0.1, 0.15) is 30.7 Å². The van der Waals surface area contributed by atoms with Gasteiger partial charge in [0.05, 0.1) is 17.5 Å². The SMILES string of the molecule is [CH2]CCNc1nc(-c2ccc(C3CCNCC3)cc2)cc2ncn(C)c(=O)c12. The van der Waals surface area contributed by atoms with Crippen molar-refractivity contribution in [2.75, 3.05) is 25.0 Å². The molecule has 1 aliphatic heterocycles. The van der Waals surface area contributed by atoms with Crippen molar-refractivity contribution in [1.82, 2.24) is 19.9 Å². The molecule has 2 aromatic heterocycles. The van der Waals surface area contributed by atoms with Crippen LogP contribution in [0.5, 0.6) is 0 Å². The highest BCUT2D eigenvalue weighted by molar-refractivity contribution is 5.91. The molecule has 0 amide bonds. The molecular formula is C22H26N5O. The standard InChI is InChI=1S/C22H26N5O/c1-3-10-24-21-20-19(25-14-27(2)22(20)28)13-18(26-21)17-6-4-15(5-7-17)16-8-11-23-12-9-16/h4-7,13-14,16,23H,1,3,8-12H2,2H3,(H,24,26). The highest BCUT2D eigenvalue weighted by Crippen LogP contribution is 2.29. The molecule has 0 saturated carbocycles. The average molecular weight is 376 g/mol. The number of hydrogen-bond donors (Lipinski definition) is 2. The molecule has 1 fully saturated rings. The van der Waals surface area contributed by atoms with E-state index < -0.39 is 0 Å². The first kappa shape index (κ1) is 18.6. The Morgan fingerprint density at radius 3 is 2.71 bits per heavy atom. The lowest BCUT2D eigenvalue weighted by Gasteiger charge is -2.23. The number of anilines is 1. The Bertz CT molecular complexity index is 1020. The number of hydrogen-bond acceptors (Lipinski definition) is 5. The molecule has 2 N–H and O–H groups in total. The Balaban J connectivity index is 1.73. The molecule has 6 nitrogen and oxygen atoms in total. The molecule has 28 heavy (non-hydrogen) atoms. The van der Waals surface area contributed by atoms with Crippen molar-refractivity contribution in [2.24, 2.45) is 7.05 Å². The summed E-state index contributed by atoms with van der Waals surface area (Å²) in [6.45, 7) is 6.68. The maximum Gasteiger partial charge on any atom is 0.264 e. The van der Waals surface area contributed by atoms with Gasteiger partial charge in [-0.15, -0.1) is 0 Å². The van der Waals surface area contributed by atoms with Gasteiger partial charge in [0.2, 0.25) is 0 Å². The van der Waals surface area contributed by atoms with Crippen molar-refractivity contribution in [3.63, 3.8) is 0 Å². The van der Waals surface area contributed by atoms with E-state index in [1.807, 2.05) is 6.07 Å². The summed E-state index contributed by atoms with van der Waals surface area (Å²) < 4.78 is 1.48. The third-order valence-corrected chi connectivity index (χ3v) is 5.39. The monoisotopic (exact) mass is 376 g/mol. The van der Waals surface area contributed by atoms with Gasteiger partial charge in [-0.1, -0.05) is 31.2 Å². The minimum Gasteiger partial charge on any atom is -0.369 e. The summed E-state index contributed by atoms with van der Waals surface area (Å²) in [5.74, 6) is 1.20. The van der Waals surface area contributed by atoms with Crippen LogP contribution in [0.15, 0.2) is 41.5 Å². The first-order valence-corrected chi connectivity index (χ1v) is 9.88. The lowest BCUT2D eigenvalue weighted by Crippen LogP contribution is -2.26. The molecule has 1 radical (unpaired) electrons. The van der Waals surface area contributed by atoms with Crippen LogP contribution < -0.4 is 16.2 Å². The molecule has 4 rings (SSSR count). The van der Waals surface area contributed by atoms with Crippen molar-refractivity contribution in [1.29, 1.82) is 0 Å². The molecule has 0 unspecified atom stereocenters. The Morgan fingerprint density at radius 1 is 1.25 bits per heavy atom. The third kappa shape index (κ3) is 3.64. The Morgan fingerprint density at radius 2 is 2.00 bits per heavy atom. The molecule has 1 aliphatic rings. The second kappa shape index (κ2) is 8.10. The second-order valence-electron chi connectivity index (χ2n) is 7.34. The number of benzene rings is 1. The lowest BCUT2D eigenvalue weighted by molar-refractivity contribution is 0.460. The van der Waals surface area contributed by atoms with Crippen LogP contribution in [-0.2, 0) is 7.05 Å². The normalized spacial score (nSPS) is 15.1. The smallest absolute Gasteiger partial charge is 0.264 e. The van der Waals surface area contributed by atoms with Gasteiger partial charge in [0.25, 0.3) is 5.56 Å². The van der Waals surface area contributed by atoms with Crippen LogP contribution in [0.2, 0.25) is 0 Å². The zero-order chi connectivity index (χ0) is 19.5. The van der Waals surface area contributed by atoms with Crippen LogP contribution in [0.25, 0.3) is 22.2 Å². The van der Waals surface area contributed by atoms with Crippen molar-refractivity contribution in [3.05, 3.63) is 59.5 Å². The quantitative estimate of drug-likeness (QED) is 0.716. The highest BCUT2D eigenvalue weighted by atomic mass is 16.1. The van der Waals surface area contributed by atoms with Gasteiger partial charge in [-0.25, -0.2) is 9.97 Å². The topological polar surface area (TPSA) is 71.8 Å². The van der Waals surface area contributed by atoms with Crippen molar-refractivity contribution in [3.8, 4) is 11.3 Å². The van der Waals surface area contributed by atoms with E-state index in [2.05, 4.69) is 46.8 Å². The fraction of sp³-hybridized carbons (Fsp3) is 0.364. The van der Waals surface area contributed by atoms with E-state index in [1.165, 1.54) is 23.0 Å². The van der Waals surface area contributed by atoms with Gasteiger partial charge < -0.3 is 15.2 Å². The number of fused-ring (bicyclic) bond motifs is 1. The molecule has 3 aromatic rings. The zero-order valence-electron chi connectivity index (χ0n) is 16.2. The Labute approximate surface area is 165 Å². The molecule has 1 aromatic carbocycles. The van der Waals surface area contributed by atoms with Crippen molar-refractivity contribution in [2.45, 2.75) is 25.2 Å². The van der Waals surface area contributed by atoms with E-state index in [-0.39, 0.29) is 5.56 Å². The van der Waals surface area contributed by atoms with Crippen LogP contribution in [-0.4, -0.2) is 34.2 Å². The highest BCUT2D eigenvalue weighted by Gasteiger charge is 2.16. The number of nitrogens with zero attached hydrogens (tertiary/aromatic N) is 3. The number of pyridine rings is 1. The van der Waals surface area contributed by atoms with Gasteiger partial charge in [-0.05, 0) is 49.9 Å². The van der Waals surface area contributed by atoms with Crippen LogP contribution in [0.4, 0.5) is 5.82 Å². The predicted octanol–water partition coefficient (Wildman–Crippen LogP) is 3.10. The predicted molar refractivity (Wildman–Crippen MR) is 114 cm³/mol. The van der Waals surface area contributed by atoms with Crippen LogP contribution in [0.3, 0.4) is 0 Å². The van der Waals surface area contributed by atoms with Gasteiger partial charge in [0.15, 0.2) is 0 Å². The molecule has 3 heterocycles. The minimum atomic E-state index is -0.100. The van der Waals surface area contributed by atoms with Gasteiger partial charge in [-0.3, -0.25) is 4.79 Å². The molecule has 0 spiro atoms. The first-order chi connectivity index (χ1) is 13.7. The summed E-state index contributed by atoms with van der Waals surface area (Å²) in [6.07, 6.45) is 4.62. The van der Waals surface area contributed by atoms with Gasteiger partial charge in [0, 0.05) is 19.2 Å². The van der Waals surface area contributed by atoms with Gasteiger partial charge in [-0.2, -0.15) is 0 Å². The van der Waals surface area contributed by atoms with E-state index in [4.69, 9.17) is 4.98 Å². The molecule has 0 aliphatic carbocycles. The Hall–Kier alpha value is -2.73. The largest absolute Gasteiger partial charge is 0.369 e. The summed E-state index contributed by atoms with van der Waals surface area (Å²) >= 11 is 0. The summed E-state index contributed by atoms with van der Waals surface area (Å²) in [5.41, 5.74) is 3.78. The second-order valence-corrected chi connectivity index (χ2v) is 7.34. The number of piperidine rings is 1. The zero-order valence-corrected chi connectivity index (χ0v) is 16.2.